The fraction of sp³-hybridized carbons (Fsp3) is 0.0130. The molecule has 0 aliphatic rings. The molecule has 0 radical (unpaired) electrons. The molecule has 12 rings (SSSR count). The molecule has 78 heavy (non-hydrogen) atoms. The fourth-order valence-corrected chi connectivity index (χ4v) is 10.6. The second-order valence-electron chi connectivity index (χ2n) is 19.9. The Labute approximate surface area is 459 Å². The summed E-state index contributed by atoms with van der Waals surface area (Å²) in [6, 6.07) is 108. The van der Waals surface area contributed by atoms with Crippen molar-refractivity contribution in [3.05, 3.63) is 321 Å². The molecule has 12 aromatic rings. The highest BCUT2D eigenvalue weighted by Crippen LogP contribution is 2.42. The first-order valence-corrected chi connectivity index (χ1v) is 26.8. The van der Waals surface area contributed by atoms with Gasteiger partial charge in [-0.3, -0.25) is 0 Å². The lowest BCUT2D eigenvalue weighted by Crippen LogP contribution is -1.96. The molecule has 0 saturated carbocycles. The van der Waals surface area contributed by atoms with Crippen LogP contribution in [0.15, 0.2) is 315 Å². The van der Waals surface area contributed by atoms with Gasteiger partial charge in [0.15, 0.2) is 0 Å². The van der Waals surface area contributed by atoms with Crippen molar-refractivity contribution in [1.82, 2.24) is 0 Å². The van der Waals surface area contributed by atoms with Crippen LogP contribution in [0.2, 0.25) is 0 Å². The Bertz CT molecular complexity index is 3700. The van der Waals surface area contributed by atoms with Gasteiger partial charge in [0, 0.05) is 5.70 Å². The largest absolute Gasteiger partial charge is 0.398 e. The van der Waals surface area contributed by atoms with E-state index in [2.05, 4.69) is 297 Å². The molecule has 0 atom stereocenters. The molecule has 0 saturated heterocycles. The molecular weight excluding hydrogens is 939 g/mol. The van der Waals surface area contributed by atoms with Crippen molar-refractivity contribution in [2.75, 3.05) is 0 Å². The third kappa shape index (κ3) is 10.9. The van der Waals surface area contributed by atoms with Crippen LogP contribution in [-0.4, -0.2) is 0 Å². The SMILES string of the molecule is C/C=C\C=C(/N)c1cccc(-c2cc(-c3cc(-c4cccc(-c5ccccc5)c4)cc(-c4cccc(-c5ccccc5)c4)c3)cc(-c3cc(-c4cccc(-c5ccccc5)c4)cc(-c4cccc(-c5ccccc5)c4)c3)c2)c1. The van der Waals surface area contributed by atoms with Gasteiger partial charge in [0.05, 0.1) is 0 Å². The summed E-state index contributed by atoms with van der Waals surface area (Å²) in [4.78, 5) is 0. The van der Waals surface area contributed by atoms with E-state index in [0.717, 1.165) is 83.5 Å². The number of rotatable bonds is 13. The number of allylic oxidation sites excluding steroid dienone is 3. The Balaban J connectivity index is 1.09. The monoisotopic (exact) mass is 995 g/mol. The van der Waals surface area contributed by atoms with E-state index in [0.29, 0.717) is 5.70 Å². The van der Waals surface area contributed by atoms with Gasteiger partial charge in [-0.2, -0.15) is 0 Å². The molecule has 370 valence electrons. The maximum Gasteiger partial charge on any atom is 0.0387 e. The van der Waals surface area contributed by atoms with Crippen LogP contribution in [0.3, 0.4) is 0 Å². The molecular formula is C77H57N. The second-order valence-corrected chi connectivity index (χ2v) is 19.9. The zero-order valence-corrected chi connectivity index (χ0v) is 43.6. The van der Waals surface area contributed by atoms with Gasteiger partial charge < -0.3 is 5.73 Å². The van der Waals surface area contributed by atoms with Crippen LogP contribution in [0, 0.1) is 0 Å². The lowest BCUT2D eigenvalue weighted by Gasteiger charge is -2.17. The van der Waals surface area contributed by atoms with Crippen LogP contribution in [0.1, 0.15) is 12.5 Å². The van der Waals surface area contributed by atoms with Gasteiger partial charge in [0.2, 0.25) is 0 Å². The summed E-state index contributed by atoms with van der Waals surface area (Å²) in [5.41, 5.74) is 33.7. The van der Waals surface area contributed by atoms with Crippen LogP contribution in [0.5, 0.6) is 0 Å². The van der Waals surface area contributed by atoms with Gasteiger partial charge in [-0.15, -0.1) is 0 Å². The minimum atomic E-state index is 0.715. The average molecular weight is 996 g/mol. The molecule has 0 aliphatic heterocycles. The molecule has 0 aromatic heterocycles. The summed E-state index contributed by atoms with van der Waals surface area (Å²) in [7, 11) is 0. The zero-order chi connectivity index (χ0) is 52.6. The standard InChI is InChI=1S/C77H57N/c1-2-3-39-77(78)67-38-20-37-66(44-67)72-51-75(73-47-68(62-33-16-29-58(40-62)54-21-8-4-9-22-54)45-69(48-73)63-34-17-30-59(41-63)55-23-10-5-11-24-55)53-76(52-72)74-49-70(64-35-18-31-60(42-64)56-25-12-6-13-26-56)46-71(50-74)65-36-19-32-61(43-65)57-27-14-7-15-28-57/h2-53H,78H2,1H3/b3-2-,77-39-. The first-order chi connectivity index (χ1) is 38.5. The summed E-state index contributed by atoms with van der Waals surface area (Å²) in [5.74, 6) is 0. The number of hydrogen-bond acceptors (Lipinski definition) is 1. The fourth-order valence-electron chi connectivity index (χ4n) is 10.6. The van der Waals surface area contributed by atoms with Gasteiger partial charge in [0.25, 0.3) is 0 Å². The number of nitrogens with two attached hydrogens (primary N) is 1. The maximum absolute atomic E-state index is 6.76. The smallest absolute Gasteiger partial charge is 0.0387 e. The summed E-state index contributed by atoms with van der Waals surface area (Å²) >= 11 is 0. The molecule has 2 N–H and O–H groups in total. The summed E-state index contributed by atoms with van der Waals surface area (Å²) in [5, 5.41) is 0. The van der Waals surface area contributed by atoms with Gasteiger partial charge in [-0.05, 0) is 226 Å². The summed E-state index contributed by atoms with van der Waals surface area (Å²) in [6.45, 7) is 2.01. The third-order valence-electron chi connectivity index (χ3n) is 14.7. The maximum atomic E-state index is 6.76. The van der Waals surface area contributed by atoms with E-state index >= 15 is 0 Å². The van der Waals surface area contributed by atoms with E-state index in [1.165, 1.54) is 44.5 Å². The van der Waals surface area contributed by atoms with Crippen LogP contribution in [0.25, 0.3) is 128 Å². The van der Waals surface area contributed by atoms with Crippen LogP contribution in [0.4, 0.5) is 0 Å². The number of hydrogen-bond donors (Lipinski definition) is 1. The molecule has 0 bridgehead atoms. The molecule has 0 amide bonds. The van der Waals surface area contributed by atoms with E-state index in [1.807, 2.05) is 25.2 Å². The molecule has 0 heterocycles. The second kappa shape index (κ2) is 22.4. The molecule has 1 heteroatoms. The Morgan fingerprint density at radius 2 is 0.410 bits per heavy atom. The Kier molecular flexibility index (Phi) is 14.0. The van der Waals surface area contributed by atoms with Gasteiger partial charge in [-0.1, -0.05) is 224 Å². The number of benzene rings is 12. The average Bonchev–Trinajstić information content (AvgIpc) is 3.57. The predicted molar refractivity (Wildman–Crippen MR) is 333 cm³/mol. The molecule has 1 nitrogen and oxygen atoms in total. The van der Waals surface area contributed by atoms with E-state index in [4.69, 9.17) is 5.73 Å². The quantitative estimate of drug-likeness (QED) is 0.114. The Hall–Kier alpha value is -10.1. The first kappa shape index (κ1) is 48.8. The van der Waals surface area contributed by atoms with Crippen molar-refractivity contribution < 1.29 is 0 Å². The van der Waals surface area contributed by atoms with Crippen molar-refractivity contribution in [3.8, 4) is 122 Å². The lowest BCUT2D eigenvalue weighted by molar-refractivity contribution is 1.50. The first-order valence-electron chi connectivity index (χ1n) is 26.8. The van der Waals surface area contributed by atoms with Gasteiger partial charge in [0.1, 0.15) is 0 Å². The molecule has 0 unspecified atom stereocenters. The van der Waals surface area contributed by atoms with Gasteiger partial charge >= 0.3 is 0 Å². The molecule has 12 aromatic carbocycles. The van der Waals surface area contributed by atoms with Crippen LogP contribution >= 0.6 is 0 Å². The van der Waals surface area contributed by atoms with E-state index in [1.54, 1.807) is 0 Å². The van der Waals surface area contributed by atoms with Crippen molar-refractivity contribution in [2.45, 2.75) is 6.92 Å². The minimum absolute atomic E-state index is 0.715. The molecule has 0 fully saturated rings. The highest BCUT2D eigenvalue weighted by Gasteiger charge is 2.16. The Morgan fingerprint density at radius 3 is 0.667 bits per heavy atom. The lowest BCUT2D eigenvalue weighted by atomic mass is 9.87. The van der Waals surface area contributed by atoms with Crippen molar-refractivity contribution in [2.24, 2.45) is 5.73 Å². The zero-order valence-electron chi connectivity index (χ0n) is 43.6. The Morgan fingerprint density at radius 1 is 0.218 bits per heavy atom. The van der Waals surface area contributed by atoms with E-state index in [9.17, 15) is 0 Å². The van der Waals surface area contributed by atoms with Gasteiger partial charge in [-0.25, -0.2) is 0 Å². The van der Waals surface area contributed by atoms with E-state index < -0.39 is 0 Å². The topological polar surface area (TPSA) is 26.0 Å². The normalized spacial score (nSPS) is 11.5. The molecule has 0 spiro atoms. The third-order valence-corrected chi connectivity index (χ3v) is 14.7. The highest BCUT2D eigenvalue weighted by atomic mass is 14.6. The summed E-state index contributed by atoms with van der Waals surface area (Å²) < 4.78 is 0. The van der Waals surface area contributed by atoms with Crippen molar-refractivity contribution in [1.29, 1.82) is 0 Å². The van der Waals surface area contributed by atoms with Crippen molar-refractivity contribution in [3.63, 3.8) is 0 Å². The van der Waals surface area contributed by atoms with Crippen molar-refractivity contribution >= 4 is 5.70 Å². The van der Waals surface area contributed by atoms with Crippen LogP contribution in [-0.2, 0) is 0 Å². The van der Waals surface area contributed by atoms with E-state index in [-0.39, 0.29) is 0 Å². The highest BCUT2D eigenvalue weighted by molar-refractivity contribution is 5.91. The summed E-state index contributed by atoms with van der Waals surface area (Å²) in [6.07, 6.45) is 5.97. The predicted octanol–water partition coefficient (Wildman–Crippen LogP) is 20.9. The van der Waals surface area contributed by atoms with Crippen LogP contribution < -0.4 is 5.73 Å². The minimum Gasteiger partial charge on any atom is -0.398 e. The molecule has 0 aliphatic carbocycles.